The number of halogens is 1. The van der Waals surface area contributed by atoms with Crippen molar-refractivity contribution in [3.8, 4) is 5.75 Å². The van der Waals surface area contributed by atoms with Crippen molar-refractivity contribution < 1.29 is 29.2 Å². The minimum Gasteiger partial charge on any atom is -0.508 e. The third kappa shape index (κ3) is 2.69. The third-order valence-electron chi connectivity index (χ3n) is 7.28. The predicted octanol–water partition coefficient (Wildman–Crippen LogP) is 1.67. The molecule has 2 fully saturated rings. The van der Waals surface area contributed by atoms with Crippen LogP contribution in [-0.4, -0.2) is 28.9 Å². The van der Waals surface area contributed by atoms with E-state index < -0.39 is 41.0 Å². The molecular weight excluding hydrogens is 437 g/mol. The quantitative estimate of drug-likeness (QED) is 0.520. The van der Waals surface area contributed by atoms with Crippen LogP contribution >= 0.6 is 0 Å². The van der Waals surface area contributed by atoms with Gasteiger partial charge in [0.05, 0.1) is 11.4 Å². The monoisotopic (exact) mass is 458 g/mol. The standard InChI is InChI=1S/C26H20FN3O4/c27-17-6-2-4-8-20(17)30-23(32)21-19(13-14-9-11-15(31)12-10-14)29-26(22(21)24(30)33)16-5-1-3-7-18(16)28-25(26)34/h1-12,19,21-22,29,31H,13H2,(H,28,34)/p+1/t19-,21+,22-,26-/m0/s1. The Kier molecular flexibility index (Phi) is 4.37. The molecule has 3 heterocycles. The smallest absolute Gasteiger partial charge is 0.291 e. The number of para-hydroxylation sites is 2. The summed E-state index contributed by atoms with van der Waals surface area (Å²) < 4.78 is 14.7. The van der Waals surface area contributed by atoms with E-state index in [2.05, 4.69) is 5.32 Å². The van der Waals surface area contributed by atoms with Crippen LogP contribution in [0.25, 0.3) is 0 Å². The number of nitrogens with two attached hydrogens (primary N) is 1. The number of benzene rings is 3. The van der Waals surface area contributed by atoms with Crippen LogP contribution in [0.5, 0.6) is 5.75 Å². The Labute approximate surface area is 194 Å². The number of rotatable bonds is 3. The van der Waals surface area contributed by atoms with E-state index in [0.717, 1.165) is 10.5 Å². The second kappa shape index (κ2) is 7.23. The first-order valence-electron chi connectivity index (χ1n) is 11.1. The van der Waals surface area contributed by atoms with Gasteiger partial charge in [0.15, 0.2) is 0 Å². The molecule has 0 aliphatic carbocycles. The van der Waals surface area contributed by atoms with Crippen molar-refractivity contribution in [2.45, 2.75) is 18.0 Å². The fourth-order valence-electron chi connectivity index (χ4n) is 5.88. The summed E-state index contributed by atoms with van der Waals surface area (Å²) in [7, 11) is 0. The maximum atomic E-state index is 14.7. The van der Waals surface area contributed by atoms with Gasteiger partial charge in [-0.1, -0.05) is 42.5 Å². The lowest BCUT2D eigenvalue weighted by molar-refractivity contribution is -0.733. The van der Waals surface area contributed by atoms with Crippen molar-refractivity contribution in [3.63, 3.8) is 0 Å². The molecule has 3 aromatic carbocycles. The summed E-state index contributed by atoms with van der Waals surface area (Å²) in [6.07, 6.45) is 0.392. The zero-order valence-corrected chi connectivity index (χ0v) is 17.9. The molecule has 0 bridgehead atoms. The maximum absolute atomic E-state index is 14.7. The van der Waals surface area contributed by atoms with Crippen molar-refractivity contribution in [2.75, 3.05) is 10.2 Å². The molecule has 0 aromatic heterocycles. The molecule has 170 valence electrons. The summed E-state index contributed by atoms with van der Waals surface area (Å²) in [5.41, 5.74) is 0.690. The van der Waals surface area contributed by atoms with Gasteiger partial charge in [-0.3, -0.25) is 14.4 Å². The topological polar surface area (TPSA) is 103 Å². The highest BCUT2D eigenvalue weighted by atomic mass is 19.1. The number of nitrogens with zero attached hydrogens (tertiary/aromatic N) is 1. The van der Waals surface area contributed by atoms with Gasteiger partial charge in [0.2, 0.25) is 17.4 Å². The molecule has 0 radical (unpaired) electrons. The van der Waals surface area contributed by atoms with Crippen LogP contribution in [0.4, 0.5) is 15.8 Å². The largest absolute Gasteiger partial charge is 0.508 e. The van der Waals surface area contributed by atoms with Crippen LogP contribution in [0, 0.1) is 17.7 Å². The predicted molar refractivity (Wildman–Crippen MR) is 120 cm³/mol. The first-order chi connectivity index (χ1) is 16.4. The number of imide groups is 1. The fourth-order valence-corrected chi connectivity index (χ4v) is 5.88. The van der Waals surface area contributed by atoms with E-state index in [-0.39, 0.29) is 17.3 Å². The Morgan fingerprint density at radius 3 is 2.41 bits per heavy atom. The number of phenols is 1. The lowest BCUT2D eigenvalue weighted by Crippen LogP contribution is -2.99. The summed E-state index contributed by atoms with van der Waals surface area (Å²) in [6, 6.07) is 19.0. The van der Waals surface area contributed by atoms with Crippen molar-refractivity contribution in [3.05, 3.63) is 89.7 Å². The number of hydrogen-bond acceptors (Lipinski definition) is 4. The van der Waals surface area contributed by atoms with Gasteiger partial charge in [-0.05, 0) is 35.9 Å². The number of quaternary nitrogens is 1. The Hall–Kier alpha value is -4.04. The second-order valence-electron chi connectivity index (χ2n) is 9.04. The molecule has 2 saturated heterocycles. The number of nitrogens with one attached hydrogen (secondary N) is 1. The van der Waals surface area contributed by atoms with Crippen LogP contribution in [-0.2, 0) is 26.3 Å². The molecule has 4 atom stereocenters. The Morgan fingerprint density at radius 1 is 0.941 bits per heavy atom. The molecular formula is C26H21FN3O4+. The van der Waals surface area contributed by atoms with E-state index in [1.807, 2.05) is 5.32 Å². The molecule has 1 spiro atoms. The third-order valence-corrected chi connectivity index (χ3v) is 7.28. The zero-order valence-electron chi connectivity index (χ0n) is 17.9. The number of aromatic hydroxyl groups is 1. The van der Waals surface area contributed by atoms with Gasteiger partial charge < -0.3 is 15.7 Å². The molecule has 8 heteroatoms. The van der Waals surface area contributed by atoms with Crippen molar-refractivity contribution >= 4 is 29.1 Å². The highest BCUT2D eigenvalue weighted by Gasteiger charge is 2.74. The molecule has 3 aliphatic rings. The van der Waals surface area contributed by atoms with Crippen LogP contribution < -0.4 is 15.5 Å². The summed E-state index contributed by atoms with van der Waals surface area (Å²) in [6.45, 7) is 0. The van der Waals surface area contributed by atoms with Gasteiger partial charge in [-0.25, -0.2) is 9.29 Å². The summed E-state index contributed by atoms with van der Waals surface area (Å²) in [5.74, 6) is -3.79. The van der Waals surface area contributed by atoms with Crippen molar-refractivity contribution in [1.29, 1.82) is 0 Å². The SMILES string of the molecule is O=C1[C@@H]2[C@H](Cc3ccc(O)cc3)[NH2+][C@]3(C(=O)Nc4ccccc43)[C@@H]2C(=O)N1c1ccccc1F. The molecule has 3 aliphatic heterocycles. The summed E-state index contributed by atoms with van der Waals surface area (Å²) in [4.78, 5) is 41.9. The Morgan fingerprint density at radius 2 is 1.65 bits per heavy atom. The average Bonchev–Trinajstić information content (AvgIpc) is 3.41. The van der Waals surface area contributed by atoms with Gasteiger partial charge in [-0.15, -0.1) is 0 Å². The molecule has 6 rings (SSSR count). The Balaban J connectivity index is 1.50. The second-order valence-corrected chi connectivity index (χ2v) is 9.04. The number of phenolic OH excluding ortho intramolecular Hbond substituents is 1. The van der Waals surface area contributed by atoms with Gasteiger partial charge in [0.25, 0.3) is 5.91 Å². The molecule has 0 unspecified atom stereocenters. The van der Waals surface area contributed by atoms with Gasteiger partial charge in [0, 0.05) is 12.0 Å². The van der Waals surface area contributed by atoms with Crippen LogP contribution in [0.3, 0.4) is 0 Å². The molecule has 4 N–H and O–H groups in total. The van der Waals surface area contributed by atoms with Crippen molar-refractivity contribution in [2.24, 2.45) is 11.8 Å². The minimum atomic E-state index is -1.32. The average molecular weight is 458 g/mol. The van der Waals surface area contributed by atoms with Crippen LogP contribution in [0.2, 0.25) is 0 Å². The van der Waals surface area contributed by atoms with E-state index >= 15 is 0 Å². The first kappa shape index (κ1) is 20.6. The normalized spacial score (nSPS) is 27.3. The Bertz CT molecular complexity index is 1360. The zero-order chi connectivity index (χ0) is 23.6. The number of carbonyl (C=O) groups excluding carboxylic acids is 3. The van der Waals surface area contributed by atoms with Crippen LogP contribution in [0.15, 0.2) is 72.8 Å². The van der Waals surface area contributed by atoms with E-state index in [1.165, 1.54) is 18.2 Å². The van der Waals surface area contributed by atoms with Crippen molar-refractivity contribution in [1.82, 2.24) is 0 Å². The summed E-state index contributed by atoms with van der Waals surface area (Å²) in [5, 5.41) is 14.4. The number of hydrogen-bond donors (Lipinski definition) is 3. The number of carbonyl (C=O) groups is 3. The highest BCUT2D eigenvalue weighted by Crippen LogP contribution is 2.50. The highest BCUT2D eigenvalue weighted by molar-refractivity contribution is 6.25. The van der Waals surface area contributed by atoms with Gasteiger partial charge >= 0.3 is 0 Å². The maximum Gasteiger partial charge on any atom is 0.291 e. The minimum absolute atomic E-state index is 0.0999. The summed E-state index contributed by atoms with van der Waals surface area (Å²) >= 11 is 0. The molecule has 34 heavy (non-hydrogen) atoms. The van der Waals surface area contributed by atoms with Crippen LogP contribution in [0.1, 0.15) is 11.1 Å². The van der Waals surface area contributed by atoms with E-state index in [0.29, 0.717) is 17.7 Å². The number of anilines is 2. The van der Waals surface area contributed by atoms with Gasteiger partial charge in [0.1, 0.15) is 29.4 Å². The first-order valence-corrected chi connectivity index (χ1v) is 11.1. The van der Waals surface area contributed by atoms with Gasteiger partial charge in [-0.2, -0.15) is 0 Å². The number of fused-ring (bicyclic) bond motifs is 4. The molecule has 7 nitrogen and oxygen atoms in total. The lowest BCUT2D eigenvalue weighted by Gasteiger charge is -2.26. The van der Waals surface area contributed by atoms with E-state index in [9.17, 15) is 23.9 Å². The lowest BCUT2D eigenvalue weighted by atomic mass is 9.76. The molecule has 0 saturated carbocycles. The molecule has 3 aromatic rings. The van der Waals surface area contributed by atoms with E-state index in [1.54, 1.807) is 54.6 Å². The van der Waals surface area contributed by atoms with E-state index in [4.69, 9.17) is 0 Å². The molecule has 3 amide bonds. The fraction of sp³-hybridized carbons (Fsp3) is 0.192. The number of amides is 3.